The second-order valence-electron chi connectivity index (χ2n) is 10.4. The van der Waals surface area contributed by atoms with E-state index >= 15 is 0 Å². The standard InChI is InChI=1S/C33H34O5S2/c1-23-13-17-29(18-14-23)39(35,36)25(3)21-27-9-5-7-11-31(27)33(34)32-12-8-6-10-28(32)22-26(4)40(37,38)30-19-15-24(2)16-20-30/h5-20,25-26H,21-22H2,1-4H3. The Hall–Kier alpha value is -3.55. The normalized spacial score (nSPS) is 13.5. The van der Waals surface area contributed by atoms with Gasteiger partial charge in [-0.05, 0) is 75.9 Å². The van der Waals surface area contributed by atoms with E-state index < -0.39 is 30.2 Å². The SMILES string of the molecule is Cc1ccc(S(=O)(=O)C(C)Cc2ccccc2C(=O)c2ccccc2CC(C)S(=O)(=O)c2ccc(C)cc2)cc1. The van der Waals surface area contributed by atoms with E-state index in [0.29, 0.717) is 22.3 Å². The van der Waals surface area contributed by atoms with Crippen LogP contribution in [0, 0.1) is 13.8 Å². The summed E-state index contributed by atoms with van der Waals surface area (Å²) in [6, 6.07) is 27.6. The highest BCUT2D eigenvalue weighted by Crippen LogP contribution is 2.26. The van der Waals surface area contributed by atoms with Crippen LogP contribution in [0.4, 0.5) is 0 Å². The molecule has 2 atom stereocenters. The summed E-state index contributed by atoms with van der Waals surface area (Å²) in [5.41, 5.74) is 4.03. The highest BCUT2D eigenvalue weighted by atomic mass is 32.2. The molecule has 0 aliphatic carbocycles. The Morgan fingerprint density at radius 3 is 1.23 bits per heavy atom. The lowest BCUT2D eigenvalue weighted by atomic mass is 9.92. The maximum absolute atomic E-state index is 13.9. The molecule has 0 spiro atoms. The quantitative estimate of drug-likeness (QED) is 0.206. The van der Waals surface area contributed by atoms with Crippen LogP contribution in [0.1, 0.15) is 52.0 Å². The Morgan fingerprint density at radius 2 is 0.875 bits per heavy atom. The summed E-state index contributed by atoms with van der Waals surface area (Å²) in [5.74, 6) is -0.258. The fourth-order valence-electron chi connectivity index (χ4n) is 4.74. The van der Waals surface area contributed by atoms with Crippen LogP contribution in [-0.4, -0.2) is 33.1 Å². The van der Waals surface area contributed by atoms with E-state index in [-0.39, 0.29) is 28.4 Å². The largest absolute Gasteiger partial charge is 0.289 e. The Kier molecular flexibility index (Phi) is 8.76. The Bertz CT molecular complexity index is 1590. The lowest BCUT2D eigenvalue weighted by Gasteiger charge is -2.18. The molecule has 0 N–H and O–H groups in total. The number of aryl methyl sites for hydroxylation is 2. The number of sulfone groups is 2. The lowest BCUT2D eigenvalue weighted by Crippen LogP contribution is -2.23. The van der Waals surface area contributed by atoms with Crippen LogP contribution in [-0.2, 0) is 32.5 Å². The number of hydrogen-bond donors (Lipinski definition) is 0. The molecule has 0 saturated carbocycles. The minimum absolute atomic E-state index is 0.165. The first-order valence-corrected chi connectivity index (χ1v) is 16.3. The monoisotopic (exact) mass is 574 g/mol. The molecule has 0 amide bonds. The van der Waals surface area contributed by atoms with Gasteiger partial charge in [0.25, 0.3) is 0 Å². The number of hydrogen-bond acceptors (Lipinski definition) is 5. The molecule has 0 aliphatic rings. The zero-order valence-corrected chi connectivity index (χ0v) is 24.8. The molecule has 4 rings (SSSR count). The van der Waals surface area contributed by atoms with Crippen LogP contribution in [0.2, 0.25) is 0 Å². The predicted octanol–water partition coefficient (Wildman–Crippen LogP) is 6.34. The van der Waals surface area contributed by atoms with Crippen molar-refractivity contribution in [1.82, 2.24) is 0 Å². The molecule has 4 aromatic carbocycles. The summed E-state index contributed by atoms with van der Waals surface area (Å²) in [6.45, 7) is 7.11. The minimum atomic E-state index is -3.61. The van der Waals surface area contributed by atoms with Gasteiger partial charge in [0.05, 0.1) is 20.3 Å². The van der Waals surface area contributed by atoms with Gasteiger partial charge in [0.2, 0.25) is 0 Å². The molecule has 208 valence electrons. The van der Waals surface area contributed by atoms with E-state index in [9.17, 15) is 21.6 Å². The van der Waals surface area contributed by atoms with Gasteiger partial charge in [-0.25, -0.2) is 16.8 Å². The Morgan fingerprint density at radius 1 is 0.550 bits per heavy atom. The third kappa shape index (κ3) is 6.26. The summed E-state index contributed by atoms with van der Waals surface area (Å²) in [6.07, 6.45) is 0.330. The van der Waals surface area contributed by atoms with E-state index in [1.165, 1.54) is 0 Å². The first-order chi connectivity index (χ1) is 18.9. The van der Waals surface area contributed by atoms with Crippen LogP contribution in [0.25, 0.3) is 0 Å². The third-order valence-electron chi connectivity index (χ3n) is 7.30. The molecular weight excluding hydrogens is 540 g/mol. The van der Waals surface area contributed by atoms with Crippen LogP contribution in [0.5, 0.6) is 0 Å². The van der Waals surface area contributed by atoms with Gasteiger partial charge >= 0.3 is 0 Å². The average Bonchev–Trinajstić information content (AvgIpc) is 2.93. The molecule has 0 saturated heterocycles. The Labute approximate surface area is 237 Å². The number of carbonyl (C=O) groups is 1. The second kappa shape index (κ2) is 11.9. The third-order valence-corrected chi connectivity index (χ3v) is 11.6. The van der Waals surface area contributed by atoms with Gasteiger partial charge < -0.3 is 0 Å². The van der Waals surface area contributed by atoms with Crippen LogP contribution in [0.3, 0.4) is 0 Å². The zero-order valence-electron chi connectivity index (χ0n) is 23.2. The summed E-state index contributed by atoms with van der Waals surface area (Å²) in [7, 11) is -7.22. The topological polar surface area (TPSA) is 85.3 Å². The molecule has 2 unspecified atom stereocenters. The van der Waals surface area contributed by atoms with Gasteiger partial charge in [0.1, 0.15) is 0 Å². The van der Waals surface area contributed by atoms with E-state index in [1.807, 2.05) is 13.8 Å². The molecule has 0 aliphatic heterocycles. The van der Waals surface area contributed by atoms with Crippen LogP contribution in [0.15, 0.2) is 107 Å². The molecule has 5 nitrogen and oxygen atoms in total. The average molecular weight is 575 g/mol. The number of carbonyl (C=O) groups excluding carboxylic acids is 1. The van der Waals surface area contributed by atoms with Crippen LogP contribution < -0.4 is 0 Å². The zero-order chi connectivity index (χ0) is 29.1. The highest BCUT2D eigenvalue weighted by molar-refractivity contribution is 7.92. The number of benzene rings is 4. The molecular formula is C33H34O5S2. The van der Waals surface area contributed by atoms with E-state index in [2.05, 4.69) is 0 Å². The van der Waals surface area contributed by atoms with Gasteiger partial charge in [-0.2, -0.15) is 0 Å². The molecule has 7 heteroatoms. The van der Waals surface area contributed by atoms with Crippen molar-refractivity contribution in [2.24, 2.45) is 0 Å². The van der Waals surface area contributed by atoms with Gasteiger partial charge in [0, 0.05) is 11.1 Å². The Balaban J connectivity index is 1.61. The van der Waals surface area contributed by atoms with Crippen LogP contribution >= 0.6 is 0 Å². The summed E-state index contributed by atoms with van der Waals surface area (Å²) in [5, 5.41) is -1.50. The molecule has 0 heterocycles. The van der Waals surface area contributed by atoms with Crippen molar-refractivity contribution in [2.45, 2.75) is 60.8 Å². The lowest BCUT2D eigenvalue weighted by molar-refractivity contribution is 0.103. The van der Waals surface area contributed by atoms with E-state index in [1.54, 1.807) is 111 Å². The van der Waals surface area contributed by atoms with Gasteiger partial charge in [-0.15, -0.1) is 0 Å². The smallest absolute Gasteiger partial charge is 0.193 e. The minimum Gasteiger partial charge on any atom is -0.289 e. The number of ketones is 1. The van der Waals surface area contributed by atoms with Crippen molar-refractivity contribution in [3.05, 3.63) is 130 Å². The molecule has 40 heavy (non-hydrogen) atoms. The summed E-state index contributed by atoms with van der Waals surface area (Å²) in [4.78, 5) is 14.4. The van der Waals surface area contributed by atoms with Crippen molar-refractivity contribution in [1.29, 1.82) is 0 Å². The van der Waals surface area contributed by atoms with E-state index in [4.69, 9.17) is 0 Å². The van der Waals surface area contributed by atoms with Crippen molar-refractivity contribution < 1.29 is 21.6 Å². The van der Waals surface area contributed by atoms with Crippen molar-refractivity contribution in [2.75, 3.05) is 0 Å². The molecule has 0 bridgehead atoms. The highest BCUT2D eigenvalue weighted by Gasteiger charge is 2.28. The predicted molar refractivity (Wildman–Crippen MR) is 159 cm³/mol. The number of rotatable bonds is 10. The second-order valence-corrected chi connectivity index (χ2v) is 15.1. The molecule has 0 aromatic heterocycles. The van der Waals surface area contributed by atoms with E-state index in [0.717, 1.165) is 11.1 Å². The summed E-state index contributed by atoms with van der Waals surface area (Å²) >= 11 is 0. The van der Waals surface area contributed by atoms with Crippen molar-refractivity contribution >= 4 is 25.5 Å². The van der Waals surface area contributed by atoms with Gasteiger partial charge in [-0.3, -0.25) is 4.79 Å². The molecule has 4 aromatic rings. The van der Waals surface area contributed by atoms with Gasteiger partial charge in [0.15, 0.2) is 25.5 Å². The maximum Gasteiger partial charge on any atom is 0.193 e. The molecule has 0 radical (unpaired) electrons. The fourth-order valence-corrected chi connectivity index (χ4v) is 7.50. The van der Waals surface area contributed by atoms with Crippen molar-refractivity contribution in [3.8, 4) is 0 Å². The first kappa shape index (κ1) is 29.4. The maximum atomic E-state index is 13.9. The molecule has 0 fully saturated rings. The van der Waals surface area contributed by atoms with Gasteiger partial charge in [-0.1, -0.05) is 83.9 Å². The summed E-state index contributed by atoms with van der Waals surface area (Å²) < 4.78 is 53.0. The fraction of sp³-hybridized carbons (Fsp3) is 0.242. The van der Waals surface area contributed by atoms with Crippen molar-refractivity contribution in [3.63, 3.8) is 0 Å². The first-order valence-electron chi connectivity index (χ1n) is 13.2.